The second-order valence-corrected chi connectivity index (χ2v) is 8.28. The van der Waals surface area contributed by atoms with Crippen molar-refractivity contribution in [2.45, 2.75) is 52.4 Å². The molecule has 0 aliphatic heterocycles. The summed E-state index contributed by atoms with van der Waals surface area (Å²) in [5, 5.41) is 0. The van der Waals surface area contributed by atoms with Crippen LogP contribution in [0.1, 0.15) is 63.5 Å². The summed E-state index contributed by atoms with van der Waals surface area (Å²) >= 11 is 0. The number of rotatable bonds is 12. The largest absolute Gasteiger partial charge is 0.372 e. The lowest BCUT2D eigenvalue weighted by atomic mass is 9.99. The van der Waals surface area contributed by atoms with Crippen molar-refractivity contribution < 1.29 is 0 Å². The van der Waals surface area contributed by atoms with Crippen LogP contribution in [0, 0.1) is 0 Å². The molecule has 162 valence electrons. The highest BCUT2D eigenvalue weighted by molar-refractivity contribution is 5.81. The lowest BCUT2D eigenvalue weighted by Crippen LogP contribution is -2.25. The van der Waals surface area contributed by atoms with Gasteiger partial charge in [0.05, 0.1) is 0 Å². The van der Waals surface area contributed by atoms with Crippen molar-refractivity contribution >= 4 is 17.8 Å². The van der Waals surface area contributed by atoms with Crippen LogP contribution in [0.5, 0.6) is 0 Å². The third-order valence-electron chi connectivity index (χ3n) is 5.82. The molecule has 0 saturated carbocycles. The molecular formula is C30H37N. The van der Waals surface area contributed by atoms with E-state index in [0.29, 0.717) is 0 Å². The number of benzene rings is 3. The molecule has 3 rings (SSSR count). The summed E-state index contributed by atoms with van der Waals surface area (Å²) in [4.78, 5) is 2.57. The van der Waals surface area contributed by atoms with E-state index in [-0.39, 0.29) is 0 Å². The minimum absolute atomic E-state index is 1.16. The summed E-state index contributed by atoms with van der Waals surface area (Å²) in [6.07, 6.45) is 12.2. The minimum Gasteiger partial charge on any atom is -0.372 e. The summed E-state index contributed by atoms with van der Waals surface area (Å²) in [6.45, 7) is 6.88. The molecule has 0 radical (unpaired) electrons. The van der Waals surface area contributed by atoms with Gasteiger partial charge in [0.25, 0.3) is 0 Å². The zero-order chi connectivity index (χ0) is 21.7. The molecule has 0 N–H and O–H groups in total. The Bertz CT molecular complexity index is 899. The summed E-state index contributed by atoms with van der Waals surface area (Å²) in [5.74, 6) is 0. The minimum atomic E-state index is 1.16. The van der Waals surface area contributed by atoms with E-state index in [4.69, 9.17) is 0 Å². The van der Waals surface area contributed by atoms with E-state index >= 15 is 0 Å². The molecule has 0 atom stereocenters. The van der Waals surface area contributed by atoms with Gasteiger partial charge < -0.3 is 4.90 Å². The summed E-state index contributed by atoms with van der Waals surface area (Å²) in [6, 6.07) is 28.3. The van der Waals surface area contributed by atoms with Gasteiger partial charge in [0.2, 0.25) is 0 Å². The Labute approximate surface area is 189 Å². The van der Waals surface area contributed by atoms with Crippen molar-refractivity contribution in [3.63, 3.8) is 0 Å². The van der Waals surface area contributed by atoms with Crippen molar-refractivity contribution in [2.24, 2.45) is 0 Å². The quantitative estimate of drug-likeness (QED) is 0.213. The van der Waals surface area contributed by atoms with Gasteiger partial charge in [-0.25, -0.2) is 0 Å². The second kappa shape index (κ2) is 12.8. The Morgan fingerprint density at radius 1 is 0.613 bits per heavy atom. The maximum atomic E-state index is 2.57. The Kier molecular flexibility index (Phi) is 9.44. The van der Waals surface area contributed by atoms with Crippen LogP contribution in [0.3, 0.4) is 0 Å². The summed E-state index contributed by atoms with van der Waals surface area (Å²) < 4.78 is 0. The van der Waals surface area contributed by atoms with Gasteiger partial charge in [0.1, 0.15) is 0 Å². The molecule has 3 aromatic rings. The number of anilines is 1. The van der Waals surface area contributed by atoms with Gasteiger partial charge in [-0.15, -0.1) is 0 Å². The Hall–Kier alpha value is -2.80. The smallest absolute Gasteiger partial charge is 0.0366 e. The molecule has 0 aliphatic rings. The lowest BCUT2D eigenvalue weighted by molar-refractivity contribution is 0.636. The van der Waals surface area contributed by atoms with Gasteiger partial charge in [-0.3, -0.25) is 0 Å². The molecule has 0 spiro atoms. The third-order valence-corrected chi connectivity index (χ3v) is 5.82. The van der Waals surface area contributed by atoms with E-state index in [1.54, 1.807) is 0 Å². The van der Waals surface area contributed by atoms with Crippen molar-refractivity contribution in [2.75, 3.05) is 18.0 Å². The van der Waals surface area contributed by atoms with E-state index in [1.165, 1.54) is 66.5 Å². The van der Waals surface area contributed by atoms with E-state index in [9.17, 15) is 0 Å². The highest BCUT2D eigenvalue weighted by atomic mass is 15.1. The van der Waals surface area contributed by atoms with Crippen LogP contribution in [0.2, 0.25) is 0 Å². The Morgan fingerprint density at radius 2 is 1.23 bits per heavy atom. The molecule has 3 aromatic carbocycles. The van der Waals surface area contributed by atoms with Crippen LogP contribution < -0.4 is 4.90 Å². The molecular weight excluding hydrogens is 374 g/mol. The fraction of sp³-hybridized carbons (Fsp3) is 0.333. The van der Waals surface area contributed by atoms with Gasteiger partial charge in [-0.05, 0) is 47.2 Å². The van der Waals surface area contributed by atoms with Gasteiger partial charge >= 0.3 is 0 Å². The summed E-state index contributed by atoms with van der Waals surface area (Å²) in [5.41, 5.74) is 6.38. The molecule has 0 fully saturated rings. The van der Waals surface area contributed by atoms with E-state index < -0.39 is 0 Å². The normalized spacial score (nSPS) is 11.2. The van der Waals surface area contributed by atoms with Crippen molar-refractivity contribution in [1.29, 1.82) is 0 Å². The molecule has 0 heterocycles. The van der Waals surface area contributed by atoms with E-state index in [2.05, 4.69) is 110 Å². The second-order valence-electron chi connectivity index (χ2n) is 8.28. The average Bonchev–Trinajstić information content (AvgIpc) is 2.83. The molecule has 0 saturated heterocycles. The maximum Gasteiger partial charge on any atom is 0.0366 e. The monoisotopic (exact) mass is 411 g/mol. The fourth-order valence-electron chi connectivity index (χ4n) is 3.98. The van der Waals surface area contributed by atoms with Gasteiger partial charge in [0, 0.05) is 18.8 Å². The molecule has 0 aromatic heterocycles. The van der Waals surface area contributed by atoms with Gasteiger partial charge in [-0.1, -0.05) is 118 Å². The van der Waals surface area contributed by atoms with Crippen LogP contribution in [-0.2, 0) is 0 Å². The standard InChI is InChI=1S/C30H37N/c1-3-5-12-24-31(25-13-6-4-2)29-22-19-26(20-23-29)18-21-28-16-10-11-17-30(28)27-14-8-7-9-15-27/h7-11,14-23H,3-6,12-13,24-25H2,1-2H3/b21-18+. The number of hydrogen-bond acceptors (Lipinski definition) is 1. The van der Waals surface area contributed by atoms with Crippen molar-refractivity contribution in [3.8, 4) is 11.1 Å². The zero-order valence-electron chi connectivity index (χ0n) is 19.3. The molecule has 31 heavy (non-hydrogen) atoms. The van der Waals surface area contributed by atoms with Crippen LogP contribution >= 0.6 is 0 Å². The predicted molar refractivity (Wildman–Crippen MR) is 139 cm³/mol. The van der Waals surface area contributed by atoms with E-state index in [0.717, 1.165) is 13.1 Å². The average molecular weight is 412 g/mol. The first kappa shape index (κ1) is 22.9. The first-order valence-corrected chi connectivity index (χ1v) is 12.0. The van der Waals surface area contributed by atoms with Crippen LogP contribution in [0.25, 0.3) is 23.3 Å². The maximum absolute atomic E-state index is 2.57. The fourth-order valence-corrected chi connectivity index (χ4v) is 3.98. The van der Waals surface area contributed by atoms with Crippen LogP contribution in [0.15, 0.2) is 78.9 Å². The Balaban J connectivity index is 1.71. The Morgan fingerprint density at radius 3 is 1.87 bits per heavy atom. The third kappa shape index (κ3) is 7.14. The molecule has 1 nitrogen and oxygen atoms in total. The summed E-state index contributed by atoms with van der Waals surface area (Å²) in [7, 11) is 0. The molecule has 0 bridgehead atoms. The van der Waals surface area contributed by atoms with Crippen molar-refractivity contribution in [1.82, 2.24) is 0 Å². The zero-order valence-corrected chi connectivity index (χ0v) is 19.3. The topological polar surface area (TPSA) is 3.24 Å². The number of hydrogen-bond donors (Lipinski definition) is 0. The molecule has 1 heteroatoms. The van der Waals surface area contributed by atoms with Gasteiger partial charge in [0.15, 0.2) is 0 Å². The lowest BCUT2D eigenvalue weighted by Gasteiger charge is -2.25. The number of unbranched alkanes of at least 4 members (excludes halogenated alkanes) is 4. The SMILES string of the molecule is CCCCCN(CCCCC)c1ccc(/C=C/c2ccccc2-c2ccccc2)cc1. The highest BCUT2D eigenvalue weighted by Gasteiger charge is 2.06. The van der Waals surface area contributed by atoms with Gasteiger partial charge in [-0.2, -0.15) is 0 Å². The first-order valence-electron chi connectivity index (χ1n) is 12.0. The van der Waals surface area contributed by atoms with Crippen LogP contribution in [-0.4, -0.2) is 13.1 Å². The van der Waals surface area contributed by atoms with E-state index in [1.807, 2.05) is 0 Å². The molecule has 0 aliphatic carbocycles. The molecule has 0 amide bonds. The van der Waals surface area contributed by atoms with Crippen molar-refractivity contribution in [3.05, 3.63) is 90.0 Å². The highest BCUT2D eigenvalue weighted by Crippen LogP contribution is 2.25. The molecule has 0 unspecified atom stereocenters. The number of nitrogens with zero attached hydrogens (tertiary/aromatic N) is 1. The first-order chi connectivity index (χ1) is 15.3. The predicted octanol–water partition coefficient (Wildman–Crippen LogP) is 8.71. The van der Waals surface area contributed by atoms with Crippen LogP contribution in [0.4, 0.5) is 5.69 Å².